The van der Waals surface area contributed by atoms with Crippen LogP contribution in [0.3, 0.4) is 0 Å². The van der Waals surface area contributed by atoms with Crippen molar-refractivity contribution in [2.24, 2.45) is 0 Å². The summed E-state index contributed by atoms with van der Waals surface area (Å²) in [5.41, 5.74) is 1.47. The van der Waals surface area contributed by atoms with Crippen LogP contribution in [0.1, 0.15) is 19.3 Å². The van der Waals surface area contributed by atoms with Gasteiger partial charge in [0.2, 0.25) is 15.3 Å². The third-order valence-electron chi connectivity index (χ3n) is 4.65. The van der Waals surface area contributed by atoms with E-state index < -0.39 is 10.0 Å². The zero-order valence-electron chi connectivity index (χ0n) is 14.6. The molecule has 1 N–H and O–H groups in total. The number of aromatic nitrogens is 2. The van der Waals surface area contributed by atoms with Crippen molar-refractivity contribution in [1.82, 2.24) is 14.3 Å². The van der Waals surface area contributed by atoms with Crippen LogP contribution in [0.5, 0.6) is 0 Å². The number of hydrogen-bond donors (Lipinski definition) is 1. The number of benzene rings is 2. The van der Waals surface area contributed by atoms with Gasteiger partial charge in [0.15, 0.2) is 0 Å². The molecular weight excluding hydrogens is 384 g/mol. The van der Waals surface area contributed by atoms with Gasteiger partial charge in [-0.05, 0) is 60.8 Å². The number of sulfonamides is 1. The van der Waals surface area contributed by atoms with Crippen molar-refractivity contribution in [2.45, 2.75) is 24.2 Å². The lowest BCUT2D eigenvalue weighted by molar-refractivity contribution is 0.346. The molecule has 0 amide bonds. The van der Waals surface area contributed by atoms with Gasteiger partial charge in [-0.2, -0.15) is 9.29 Å². The quantitative estimate of drug-likeness (QED) is 0.662. The topological polar surface area (TPSA) is 75.2 Å². The second-order valence-corrected chi connectivity index (χ2v) is 8.75. The summed E-state index contributed by atoms with van der Waals surface area (Å²) in [4.78, 5) is 8.77. The van der Waals surface area contributed by atoms with Crippen LogP contribution >= 0.6 is 11.6 Å². The highest BCUT2D eigenvalue weighted by Crippen LogP contribution is 2.27. The predicted octanol–water partition coefficient (Wildman–Crippen LogP) is 4.20. The van der Waals surface area contributed by atoms with Gasteiger partial charge in [0, 0.05) is 24.2 Å². The number of fused-ring (bicyclic) bond motifs is 1. The van der Waals surface area contributed by atoms with Gasteiger partial charge < -0.3 is 5.32 Å². The van der Waals surface area contributed by atoms with Crippen LogP contribution in [-0.2, 0) is 10.0 Å². The minimum Gasteiger partial charge on any atom is -0.340 e. The molecule has 27 heavy (non-hydrogen) atoms. The molecule has 1 aliphatic heterocycles. The lowest BCUT2D eigenvalue weighted by Gasteiger charge is -2.25. The van der Waals surface area contributed by atoms with E-state index in [1.165, 1.54) is 0 Å². The lowest BCUT2D eigenvalue weighted by Crippen LogP contribution is -2.35. The van der Waals surface area contributed by atoms with Gasteiger partial charge in [-0.3, -0.25) is 0 Å². The van der Waals surface area contributed by atoms with Gasteiger partial charge in [0.05, 0.1) is 10.4 Å². The number of nitrogens with one attached hydrogen (secondary N) is 1. The van der Waals surface area contributed by atoms with Crippen LogP contribution < -0.4 is 5.32 Å². The van der Waals surface area contributed by atoms with E-state index in [0.29, 0.717) is 23.8 Å². The Hall–Kier alpha value is -2.22. The van der Waals surface area contributed by atoms with Crippen molar-refractivity contribution in [1.29, 1.82) is 0 Å². The van der Waals surface area contributed by atoms with Crippen LogP contribution in [0.4, 0.5) is 11.5 Å². The number of nitrogens with zero attached hydrogens (tertiary/aromatic N) is 3. The molecule has 1 aliphatic rings. The van der Waals surface area contributed by atoms with Gasteiger partial charge in [-0.25, -0.2) is 13.4 Å². The molecule has 8 heteroatoms. The maximum Gasteiger partial charge on any atom is 0.243 e. The largest absolute Gasteiger partial charge is 0.340 e. The van der Waals surface area contributed by atoms with Gasteiger partial charge in [0.1, 0.15) is 5.82 Å². The molecule has 0 radical (unpaired) electrons. The summed E-state index contributed by atoms with van der Waals surface area (Å²) in [6, 6.07) is 14.3. The van der Waals surface area contributed by atoms with Crippen LogP contribution in [0.15, 0.2) is 53.4 Å². The third-order valence-corrected chi connectivity index (χ3v) is 6.73. The molecule has 0 aliphatic carbocycles. The molecule has 3 aromatic rings. The second kappa shape index (κ2) is 7.42. The Balaban J connectivity index is 1.60. The molecule has 6 nitrogen and oxygen atoms in total. The van der Waals surface area contributed by atoms with Crippen LogP contribution in [0.25, 0.3) is 10.9 Å². The highest BCUT2D eigenvalue weighted by Gasteiger charge is 2.25. The normalized spacial score (nSPS) is 15.7. The SMILES string of the molecule is O=S(=O)(c1ccc(Nc2nc(Cl)nc3ccccc23)cc1)N1CCCCC1. The molecule has 0 atom stereocenters. The van der Waals surface area contributed by atoms with Gasteiger partial charge in [0.25, 0.3) is 0 Å². The number of halogens is 1. The number of piperidine rings is 1. The highest BCUT2D eigenvalue weighted by molar-refractivity contribution is 7.89. The van der Waals surface area contributed by atoms with Crippen molar-refractivity contribution in [2.75, 3.05) is 18.4 Å². The average Bonchev–Trinajstić information content (AvgIpc) is 2.69. The number of hydrogen-bond acceptors (Lipinski definition) is 5. The molecule has 1 saturated heterocycles. The second-order valence-electron chi connectivity index (χ2n) is 6.47. The zero-order valence-corrected chi connectivity index (χ0v) is 16.2. The minimum atomic E-state index is -3.43. The molecule has 4 rings (SSSR count). The maximum atomic E-state index is 12.7. The van der Waals surface area contributed by atoms with Gasteiger partial charge in [-0.15, -0.1) is 0 Å². The number of para-hydroxylation sites is 1. The molecule has 2 heterocycles. The Morgan fingerprint density at radius 3 is 2.37 bits per heavy atom. The van der Waals surface area contributed by atoms with E-state index in [0.717, 1.165) is 35.9 Å². The van der Waals surface area contributed by atoms with Crippen molar-refractivity contribution in [3.05, 3.63) is 53.8 Å². The van der Waals surface area contributed by atoms with Crippen molar-refractivity contribution < 1.29 is 8.42 Å². The first kappa shape index (κ1) is 18.2. The first-order valence-corrected chi connectivity index (χ1v) is 10.7. The monoisotopic (exact) mass is 402 g/mol. The van der Waals surface area contributed by atoms with Gasteiger partial charge in [-0.1, -0.05) is 18.6 Å². The molecule has 2 aromatic carbocycles. The summed E-state index contributed by atoms with van der Waals surface area (Å²) >= 11 is 6.01. The Labute approximate surface area is 163 Å². The molecule has 0 saturated carbocycles. The average molecular weight is 403 g/mol. The number of anilines is 2. The van der Waals surface area contributed by atoms with E-state index in [1.807, 2.05) is 24.3 Å². The Morgan fingerprint density at radius 2 is 1.63 bits per heavy atom. The van der Waals surface area contributed by atoms with E-state index in [2.05, 4.69) is 15.3 Å². The molecule has 1 aromatic heterocycles. The first-order valence-electron chi connectivity index (χ1n) is 8.83. The van der Waals surface area contributed by atoms with Crippen LogP contribution in [-0.4, -0.2) is 35.8 Å². The van der Waals surface area contributed by atoms with Crippen molar-refractivity contribution in [3.8, 4) is 0 Å². The van der Waals surface area contributed by atoms with Crippen LogP contribution in [0, 0.1) is 0 Å². The predicted molar refractivity (Wildman–Crippen MR) is 107 cm³/mol. The summed E-state index contributed by atoms with van der Waals surface area (Å²) in [6.45, 7) is 1.18. The smallest absolute Gasteiger partial charge is 0.243 e. The molecule has 140 valence electrons. The Bertz CT molecular complexity index is 1060. The summed E-state index contributed by atoms with van der Waals surface area (Å²) in [5, 5.41) is 4.19. The van der Waals surface area contributed by atoms with Gasteiger partial charge >= 0.3 is 0 Å². The first-order chi connectivity index (χ1) is 13.0. The Morgan fingerprint density at radius 1 is 0.926 bits per heavy atom. The Kier molecular flexibility index (Phi) is 4.99. The number of rotatable bonds is 4. The highest BCUT2D eigenvalue weighted by atomic mass is 35.5. The van der Waals surface area contributed by atoms with E-state index in [4.69, 9.17) is 11.6 Å². The van der Waals surface area contributed by atoms with Crippen molar-refractivity contribution in [3.63, 3.8) is 0 Å². The van der Waals surface area contributed by atoms with E-state index in [1.54, 1.807) is 28.6 Å². The van der Waals surface area contributed by atoms with Crippen LogP contribution in [0.2, 0.25) is 5.28 Å². The molecular formula is C19H19ClN4O2S. The fourth-order valence-electron chi connectivity index (χ4n) is 3.24. The standard InChI is InChI=1S/C19H19ClN4O2S/c20-19-22-17-7-3-2-6-16(17)18(23-19)21-14-8-10-15(11-9-14)27(25,26)24-12-4-1-5-13-24/h2-3,6-11H,1,4-5,12-13H2,(H,21,22,23). The summed E-state index contributed by atoms with van der Waals surface area (Å²) < 4.78 is 27.1. The summed E-state index contributed by atoms with van der Waals surface area (Å²) in [6.07, 6.45) is 2.92. The third kappa shape index (κ3) is 3.76. The fourth-order valence-corrected chi connectivity index (χ4v) is 4.94. The molecule has 1 fully saturated rings. The lowest BCUT2D eigenvalue weighted by atomic mass is 10.2. The zero-order chi connectivity index (χ0) is 18.9. The maximum absolute atomic E-state index is 12.7. The van der Waals surface area contributed by atoms with E-state index in [-0.39, 0.29) is 5.28 Å². The summed E-state index contributed by atoms with van der Waals surface area (Å²) in [7, 11) is -3.43. The van der Waals surface area contributed by atoms with Crippen molar-refractivity contribution >= 4 is 44.0 Å². The molecule has 0 unspecified atom stereocenters. The van der Waals surface area contributed by atoms with E-state index in [9.17, 15) is 8.42 Å². The molecule has 0 spiro atoms. The van der Waals surface area contributed by atoms with E-state index >= 15 is 0 Å². The minimum absolute atomic E-state index is 0.153. The summed E-state index contributed by atoms with van der Waals surface area (Å²) in [5.74, 6) is 0.581. The molecule has 0 bridgehead atoms. The fraction of sp³-hybridized carbons (Fsp3) is 0.263.